The van der Waals surface area contributed by atoms with E-state index in [4.69, 9.17) is 4.74 Å². The summed E-state index contributed by atoms with van der Waals surface area (Å²) in [6.07, 6.45) is 2.08. The van der Waals surface area contributed by atoms with Crippen molar-refractivity contribution in [2.75, 3.05) is 6.54 Å². The topological polar surface area (TPSA) is 90.8 Å². The number of nitrogens with zero attached hydrogens (tertiary/aromatic N) is 2. The van der Waals surface area contributed by atoms with Gasteiger partial charge in [-0.25, -0.2) is 4.98 Å². The van der Waals surface area contributed by atoms with Gasteiger partial charge < -0.3 is 15.0 Å². The molecule has 0 spiro atoms. The number of hydrogen-bond donors (Lipinski definition) is 2. The van der Waals surface area contributed by atoms with Crippen LogP contribution in [-0.4, -0.2) is 28.5 Å². The van der Waals surface area contributed by atoms with Gasteiger partial charge >= 0.3 is 0 Å². The minimum Gasteiger partial charge on any atom is -0.479 e. The number of H-pyrrole nitrogens is 1. The lowest BCUT2D eigenvalue weighted by molar-refractivity contribution is -0.124. The number of nitrogens with one attached hydrogen (secondary N) is 2. The summed E-state index contributed by atoms with van der Waals surface area (Å²) in [6.45, 7) is 2.51. The maximum atomic E-state index is 11.7. The molecule has 1 aliphatic rings. The molecule has 1 atom stereocenters. The number of carbonyl (C=O) groups excluding carboxylic acids is 1. The second-order valence-corrected chi connectivity index (χ2v) is 6.01. The molecule has 6 heteroatoms. The molecular formula is C19H16N4O2. The van der Waals surface area contributed by atoms with Gasteiger partial charge in [0.1, 0.15) is 11.8 Å². The SMILES string of the molecule is Cc1nc(-c2c[nH]c3c(C#N)cccc23)ccc1OC1CCNC1=O. The Balaban J connectivity index is 1.69. The first kappa shape index (κ1) is 15.2. The van der Waals surface area contributed by atoms with Crippen LogP contribution in [0.1, 0.15) is 17.7 Å². The summed E-state index contributed by atoms with van der Waals surface area (Å²) in [5, 5.41) is 12.9. The van der Waals surface area contributed by atoms with Gasteiger partial charge in [0, 0.05) is 30.1 Å². The number of amides is 1. The van der Waals surface area contributed by atoms with Crippen molar-refractivity contribution in [2.24, 2.45) is 0 Å². The number of nitriles is 1. The average Bonchev–Trinajstić information content (AvgIpc) is 3.23. The summed E-state index contributed by atoms with van der Waals surface area (Å²) in [7, 11) is 0. The summed E-state index contributed by atoms with van der Waals surface area (Å²) in [4.78, 5) is 19.5. The number of benzene rings is 1. The summed E-state index contributed by atoms with van der Waals surface area (Å²) in [5.74, 6) is 0.535. The van der Waals surface area contributed by atoms with Gasteiger partial charge in [-0.05, 0) is 25.1 Å². The van der Waals surface area contributed by atoms with E-state index in [0.29, 0.717) is 24.3 Å². The lowest BCUT2D eigenvalue weighted by Crippen LogP contribution is -2.27. The Hall–Kier alpha value is -3.33. The summed E-state index contributed by atoms with van der Waals surface area (Å²) >= 11 is 0. The van der Waals surface area contributed by atoms with Gasteiger partial charge in [0.25, 0.3) is 5.91 Å². The zero-order chi connectivity index (χ0) is 17.4. The van der Waals surface area contributed by atoms with Crippen LogP contribution >= 0.6 is 0 Å². The van der Waals surface area contributed by atoms with E-state index in [-0.39, 0.29) is 5.91 Å². The third-order valence-corrected chi connectivity index (χ3v) is 4.42. The van der Waals surface area contributed by atoms with Crippen LogP contribution in [0.5, 0.6) is 5.75 Å². The standard InChI is InChI=1S/C19H16N4O2/c1-11-16(25-17-7-8-21-19(17)24)6-5-15(23-11)14-10-22-18-12(9-20)3-2-4-13(14)18/h2-6,10,17,22H,7-8H2,1H3,(H,21,24). The van der Waals surface area contributed by atoms with E-state index < -0.39 is 6.10 Å². The Bertz CT molecular complexity index is 1020. The van der Waals surface area contributed by atoms with Crippen molar-refractivity contribution in [3.05, 3.63) is 47.8 Å². The van der Waals surface area contributed by atoms with Crippen molar-refractivity contribution in [2.45, 2.75) is 19.4 Å². The highest BCUT2D eigenvalue weighted by molar-refractivity contribution is 5.97. The number of aromatic nitrogens is 2. The number of rotatable bonds is 3. The second kappa shape index (κ2) is 5.95. The third kappa shape index (κ3) is 2.60. The van der Waals surface area contributed by atoms with E-state index >= 15 is 0 Å². The number of aromatic amines is 1. The molecule has 2 aromatic heterocycles. The molecule has 0 radical (unpaired) electrons. The van der Waals surface area contributed by atoms with Crippen LogP contribution in [0.2, 0.25) is 0 Å². The van der Waals surface area contributed by atoms with E-state index in [1.54, 1.807) is 6.07 Å². The Morgan fingerprint density at radius 2 is 2.20 bits per heavy atom. The number of pyridine rings is 1. The molecule has 1 fully saturated rings. The van der Waals surface area contributed by atoms with Gasteiger partial charge in [0.2, 0.25) is 0 Å². The van der Waals surface area contributed by atoms with Crippen LogP contribution in [-0.2, 0) is 4.79 Å². The molecule has 1 aromatic carbocycles. The van der Waals surface area contributed by atoms with E-state index in [0.717, 1.165) is 27.9 Å². The Labute approximate surface area is 144 Å². The fourth-order valence-corrected chi connectivity index (χ4v) is 3.12. The molecule has 1 unspecified atom stereocenters. The first-order valence-electron chi connectivity index (χ1n) is 8.10. The van der Waals surface area contributed by atoms with Crippen molar-refractivity contribution >= 4 is 16.8 Å². The quantitative estimate of drug-likeness (QED) is 0.771. The fourth-order valence-electron chi connectivity index (χ4n) is 3.12. The maximum Gasteiger partial charge on any atom is 0.261 e. The highest BCUT2D eigenvalue weighted by atomic mass is 16.5. The fraction of sp³-hybridized carbons (Fsp3) is 0.211. The highest BCUT2D eigenvalue weighted by Gasteiger charge is 2.26. The minimum absolute atomic E-state index is 0.0795. The molecule has 124 valence electrons. The zero-order valence-electron chi connectivity index (χ0n) is 13.7. The van der Waals surface area contributed by atoms with E-state index in [1.165, 1.54) is 0 Å². The number of hydrogen-bond acceptors (Lipinski definition) is 4. The predicted molar refractivity (Wildman–Crippen MR) is 93.0 cm³/mol. The molecule has 1 saturated heterocycles. The van der Waals surface area contributed by atoms with Crippen molar-refractivity contribution in [1.82, 2.24) is 15.3 Å². The lowest BCUT2D eigenvalue weighted by Gasteiger charge is -2.13. The highest BCUT2D eigenvalue weighted by Crippen LogP contribution is 2.31. The summed E-state index contributed by atoms with van der Waals surface area (Å²) in [6, 6.07) is 11.5. The average molecular weight is 332 g/mol. The molecule has 3 heterocycles. The van der Waals surface area contributed by atoms with Gasteiger partial charge in [-0.2, -0.15) is 5.26 Å². The molecule has 1 amide bonds. The van der Waals surface area contributed by atoms with Gasteiger partial charge in [-0.15, -0.1) is 0 Å². The molecular weight excluding hydrogens is 316 g/mol. The van der Waals surface area contributed by atoms with Gasteiger partial charge in [-0.1, -0.05) is 12.1 Å². The number of aryl methyl sites for hydroxylation is 1. The van der Waals surface area contributed by atoms with Gasteiger partial charge in [0.05, 0.1) is 22.5 Å². The van der Waals surface area contributed by atoms with Crippen molar-refractivity contribution in [1.29, 1.82) is 5.26 Å². The third-order valence-electron chi connectivity index (χ3n) is 4.42. The Kier molecular flexibility index (Phi) is 3.62. The molecule has 3 aromatic rings. The molecule has 0 bridgehead atoms. The second-order valence-electron chi connectivity index (χ2n) is 6.01. The molecule has 1 aliphatic heterocycles. The van der Waals surface area contributed by atoms with E-state index in [1.807, 2.05) is 37.4 Å². The van der Waals surface area contributed by atoms with Crippen LogP contribution in [0.4, 0.5) is 0 Å². The summed E-state index contributed by atoms with van der Waals surface area (Å²) in [5.41, 5.74) is 3.86. The van der Waals surface area contributed by atoms with Crippen LogP contribution in [0.15, 0.2) is 36.5 Å². The van der Waals surface area contributed by atoms with E-state index in [9.17, 15) is 10.1 Å². The first-order valence-corrected chi connectivity index (χ1v) is 8.10. The maximum absolute atomic E-state index is 11.7. The summed E-state index contributed by atoms with van der Waals surface area (Å²) < 4.78 is 5.79. The molecule has 2 N–H and O–H groups in total. The van der Waals surface area contributed by atoms with Crippen LogP contribution in [0.25, 0.3) is 22.2 Å². The number of carbonyl (C=O) groups is 1. The largest absolute Gasteiger partial charge is 0.479 e. The monoisotopic (exact) mass is 332 g/mol. The molecule has 4 rings (SSSR count). The smallest absolute Gasteiger partial charge is 0.261 e. The van der Waals surface area contributed by atoms with Crippen molar-refractivity contribution < 1.29 is 9.53 Å². The minimum atomic E-state index is -0.447. The molecule has 6 nitrogen and oxygen atoms in total. The van der Waals surface area contributed by atoms with Crippen molar-refractivity contribution in [3.63, 3.8) is 0 Å². The molecule has 0 saturated carbocycles. The zero-order valence-corrected chi connectivity index (χ0v) is 13.7. The number of fused-ring (bicyclic) bond motifs is 1. The van der Waals surface area contributed by atoms with Crippen LogP contribution < -0.4 is 10.1 Å². The Morgan fingerprint density at radius 1 is 1.32 bits per heavy atom. The number of ether oxygens (including phenoxy) is 1. The van der Waals surface area contributed by atoms with E-state index in [2.05, 4.69) is 21.4 Å². The Morgan fingerprint density at radius 3 is 2.92 bits per heavy atom. The number of para-hydroxylation sites is 1. The lowest BCUT2D eigenvalue weighted by atomic mass is 10.1. The van der Waals surface area contributed by atoms with Gasteiger partial charge in [-0.3, -0.25) is 4.79 Å². The first-order chi connectivity index (χ1) is 12.2. The predicted octanol–water partition coefficient (Wildman–Crippen LogP) is 2.68. The van der Waals surface area contributed by atoms with Gasteiger partial charge in [0.15, 0.2) is 6.10 Å². The molecule has 25 heavy (non-hydrogen) atoms. The normalized spacial score (nSPS) is 16.6. The van der Waals surface area contributed by atoms with Crippen LogP contribution in [0.3, 0.4) is 0 Å². The van der Waals surface area contributed by atoms with Crippen molar-refractivity contribution in [3.8, 4) is 23.1 Å². The molecule has 0 aliphatic carbocycles. The van der Waals surface area contributed by atoms with Crippen LogP contribution in [0, 0.1) is 18.3 Å².